The van der Waals surface area contributed by atoms with Gasteiger partial charge in [-0.05, 0) is 48.4 Å². The van der Waals surface area contributed by atoms with E-state index in [1.165, 1.54) is 24.1 Å². The number of ether oxygens (including phenoxy) is 1. The summed E-state index contributed by atoms with van der Waals surface area (Å²) in [7, 11) is 1.35. The summed E-state index contributed by atoms with van der Waals surface area (Å²) in [5.74, 6) is -0.686. The molecule has 0 radical (unpaired) electrons. The summed E-state index contributed by atoms with van der Waals surface area (Å²) in [5.41, 5.74) is 0.701. The van der Waals surface area contributed by atoms with E-state index in [9.17, 15) is 14.0 Å². The van der Waals surface area contributed by atoms with Crippen LogP contribution in [0.2, 0.25) is 0 Å². The molecule has 1 aliphatic heterocycles. The molecule has 28 heavy (non-hydrogen) atoms. The maximum Gasteiger partial charge on any atom is 0.327 e. The van der Waals surface area contributed by atoms with Crippen LogP contribution in [0.1, 0.15) is 29.3 Å². The highest BCUT2D eigenvalue weighted by Gasteiger charge is 2.33. The summed E-state index contributed by atoms with van der Waals surface area (Å²) in [6.07, 6.45) is 2.20. The Morgan fingerprint density at radius 3 is 2.57 bits per heavy atom. The zero-order valence-corrected chi connectivity index (χ0v) is 16.7. The van der Waals surface area contributed by atoms with Gasteiger partial charge < -0.3 is 10.1 Å². The number of amides is 1. The molecule has 1 aromatic heterocycles. The number of hydrogen-bond acceptors (Lipinski definition) is 5. The van der Waals surface area contributed by atoms with Crippen LogP contribution in [-0.4, -0.2) is 43.5 Å². The normalized spacial score (nSPS) is 16.5. The third kappa shape index (κ3) is 5.17. The maximum atomic E-state index is 13.2. The molecular weight excluding hydrogens is 379 g/mol. The first-order chi connectivity index (χ1) is 13.6. The van der Waals surface area contributed by atoms with Crippen molar-refractivity contribution >= 4 is 23.2 Å². The third-order valence-corrected chi connectivity index (χ3v) is 6.06. The summed E-state index contributed by atoms with van der Waals surface area (Å²) in [6, 6.07) is 9.42. The topological polar surface area (TPSA) is 58.6 Å². The van der Waals surface area contributed by atoms with Gasteiger partial charge in [-0.15, -0.1) is 11.3 Å². The number of carbonyl (C=O) groups excluding carboxylic acids is 2. The van der Waals surface area contributed by atoms with Crippen LogP contribution >= 0.6 is 11.3 Å². The third-order valence-electron chi connectivity index (χ3n) is 5.13. The van der Waals surface area contributed by atoms with E-state index in [0.717, 1.165) is 6.42 Å². The molecule has 150 valence electrons. The number of halogens is 1. The fourth-order valence-corrected chi connectivity index (χ4v) is 4.29. The van der Waals surface area contributed by atoms with Gasteiger partial charge in [0.25, 0.3) is 0 Å². The zero-order valence-electron chi connectivity index (χ0n) is 15.9. The lowest BCUT2D eigenvalue weighted by atomic mass is 9.93. The first-order valence-electron chi connectivity index (χ1n) is 9.46. The lowest BCUT2D eigenvalue weighted by Gasteiger charge is -2.35. The van der Waals surface area contributed by atoms with E-state index in [0.29, 0.717) is 38.0 Å². The number of hydrogen-bond donors (Lipinski definition) is 1. The number of piperidine rings is 1. The van der Waals surface area contributed by atoms with E-state index in [4.69, 9.17) is 4.74 Å². The highest BCUT2D eigenvalue weighted by Crippen LogP contribution is 2.28. The average molecular weight is 405 g/mol. The monoisotopic (exact) mass is 404 g/mol. The first-order valence-corrected chi connectivity index (χ1v) is 10.3. The number of carbonyl (C=O) groups is 2. The summed E-state index contributed by atoms with van der Waals surface area (Å²) in [5, 5.41) is 5.06. The molecule has 1 atom stereocenters. The van der Waals surface area contributed by atoms with Gasteiger partial charge in [-0.1, -0.05) is 18.2 Å². The molecule has 0 spiro atoms. The summed E-state index contributed by atoms with van der Waals surface area (Å²) < 4.78 is 18.2. The predicted molar refractivity (Wildman–Crippen MR) is 106 cm³/mol. The Hall–Kier alpha value is -2.25. The van der Waals surface area contributed by atoms with E-state index in [1.807, 2.05) is 16.3 Å². The smallest absolute Gasteiger partial charge is 0.327 e. The minimum absolute atomic E-state index is 0.0499. The molecule has 3 rings (SSSR count). The highest BCUT2D eigenvalue weighted by molar-refractivity contribution is 7.09. The highest BCUT2D eigenvalue weighted by atomic mass is 32.1. The van der Waals surface area contributed by atoms with Gasteiger partial charge in [0.05, 0.1) is 7.11 Å². The van der Waals surface area contributed by atoms with Crippen molar-refractivity contribution in [2.75, 3.05) is 26.7 Å². The number of nitrogens with one attached hydrogen (secondary N) is 1. The van der Waals surface area contributed by atoms with Crippen LogP contribution in [0.3, 0.4) is 0 Å². The molecule has 1 N–H and O–H groups in total. The molecule has 2 heterocycles. The quantitative estimate of drug-likeness (QED) is 0.720. The van der Waals surface area contributed by atoms with Crippen molar-refractivity contribution < 1.29 is 18.7 Å². The molecule has 1 fully saturated rings. The molecule has 0 bridgehead atoms. The van der Waals surface area contributed by atoms with Crippen molar-refractivity contribution in [3.63, 3.8) is 0 Å². The fourth-order valence-electron chi connectivity index (χ4n) is 3.58. The number of methoxy groups -OCH3 is 1. The number of likely N-dealkylation sites (tertiary alicyclic amines) is 1. The van der Waals surface area contributed by atoms with Crippen molar-refractivity contribution in [1.82, 2.24) is 10.2 Å². The van der Waals surface area contributed by atoms with Crippen LogP contribution in [0, 0.1) is 11.7 Å². The number of thiophene rings is 1. The maximum absolute atomic E-state index is 13.2. The lowest BCUT2D eigenvalue weighted by Crippen LogP contribution is -2.44. The van der Waals surface area contributed by atoms with Crippen molar-refractivity contribution in [2.24, 2.45) is 5.92 Å². The van der Waals surface area contributed by atoms with E-state index >= 15 is 0 Å². The Balaban J connectivity index is 1.53. The second-order valence-electron chi connectivity index (χ2n) is 6.91. The molecule has 5 nitrogen and oxygen atoms in total. The van der Waals surface area contributed by atoms with E-state index in [-0.39, 0.29) is 23.6 Å². The van der Waals surface area contributed by atoms with Gasteiger partial charge in [0.2, 0.25) is 5.91 Å². The predicted octanol–water partition coefficient (Wildman–Crippen LogP) is 3.17. The molecule has 1 aromatic carbocycles. The standard InChI is InChI=1S/C21H25FN2O3S/c1-27-21(26)19(15-4-6-17(22)7-5-15)24-12-9-16(10-13-24)20(25)23-11-8-18-3-2-14-28-18/h2-7,14,16,19H,8-13H2,1H3,(H,23,25). The van der Waals surface area contributed by atoms with Gasteiger partial charge in [0.15, 0.2) is 0 Å². The molecule has 1 amide bonds. The van der Waals surface area contributed by atoms with Crippen molar-refractivity contribution in [2.45, 2.75) is 25.3 Å². The second kappa shape index (κ2) is 9.80. The van der Waals surface area contributed by atoms with Crippen LogP contribution in [0.25, 0.3) is 0 Å². The minimum atomic E-state index is -0.576. The van der Waals surface area contributed by atoms with Crippen LogP contribution in [0.15, 0.2) is 41.8 Å². The molecule has 1 unspecified atom stereocenters. The summed E-state index contributed by atoms with van der Waals surface area (Å²) in [4.78, 5) is 28.0. The number of esters is 1. The Labute approximate surface area is 168 Å². The van der Waals surface area contributed by atoms with Crippen molar-refractivity contribution in [1.29, 1.82) is 0 Å². The molecule has 1 aliphatic rings. The number of rotatable bonds is 7. The lowest BCUT2D eigenvalue weighted by molar-refractivity contribution is -0.148. The molecule has 1 saturated heterocycles. The Kier molecular flexibility index (Phi) is 7.17. The fraction of sp³-hybridized carbons (Fsp3) is 0.429. The van der Waals surface area contributed by atoms with Crippen LogP contribution in [0.5, 0.6) is 0 Å². The summed E-state index contributed by atoms with van der Waals surface area (Å²) in [6.45, 7) is 1.86. The second-order valence-corrected chi connectivity index (χ2v) is 7.94. The Morgan fingerprint density at radius 1 is 1.25 bits per heavy atom. The van der Waals surface area contributed by atoms with Crippen molar-refractivity contribution in [3.8, 4) is 0 Å². The zero-order chi connectivity index (χ0) is 19.9. The van der Waals surface area contributed by atoms with Crippen LogP contribution in [-0.2, 0) is 20.7 Å². The van der Waals surface area contributed by atoms with Crippen LogP contribution < -0.4 is 5.32 Å². The van der Waals surface area contributed by atoms with Gasteiger partial charge in [0, 0.05) is 30.4 Å². The largest absolute Gasteiger partial charge is 0.468 e. The average Bonchev–Trinajstić information content (AvgIpc) is 3.23. The summed E-state index contributed by atoms with van der Waals surface area (Å²) >= 11 is 1.69. The Bertz CT molecular complexity index is 771. The molecule has 0 aliphatic carbocycles. The van der Waals surface area contributed by atoms with Gasteiger partial charge in [-0.3, -0.25) is 9.69 Å². The van der Waals surface area contributed by atoms with Gasteiger partial charge in [-0.2, -0.15) is 0 Å². The molecule has 2 aromatic rings. The molecule has 0 saturated carbocycles. The van der Waals surface area contributed by atoms with Gasteiger partial charge >= 0.3 is 5.97 Å². The number of nitrogens with zero attached hydrogens (tertiary/aromatic N) is 1. The van der Waals surface area contributed by atoms with E-state index in [2.05, 4.69) is 11.4 Å². The first kappa shape index (κ1) is 20.5. The van der Waals surface area contributed by atoms with E-state index < -0.39 is 6.04 Å². The van der Waals surface area contributed by atoms with Crippen LogP contribution in [0.4, 0.5) is 4.39 Å². The van der Waals surface area contributed by atoms with Gasteiger partial charge in [-0.25, -0.2) is 9.18 Å². The molecule has 7 heteroatoms. The van der Waals surface area contributed by atoms with Gasteiger partial charge in [0.1, 0.15) is 11.9 Å². The Morgan fingerprint density at radius 2 is 1.96 bits per heavy atom. The molecular formula is C21H25FN2O3S. The minimum Gasteiger partial charge on any atom is -0.468 e. The SMILES string of the molecule is COC(=O)C(c1ccc(F)cc1)N1CCC(C(=O)NCCc2cccs2)CC1. The van der Waals surface area contributed by atoms with Crippen molar-refractivity contribution in [3.05, 3.63) is 58.0 Å². The number of benzene rings is 1. The van der Waals surface area contributed by atoms with E-state index in [1.54, 1.807) is 23.5 Å².